The molecule has 0 aliphatic rings. The monoisotopic (exact) mass is 238 g/mol. The molecule has 6 nitrogen and oxygen atoms in total. The Hall–Kier alpha value is -1.85. The number of carbonyl (C=O) groups is 1. The van der Waals surface area contributed by atoms with Crippen LogP contribution >= 0.6 is 0 Å². The van der Waals surface area contributed by atoms with Crippen molar-refractivity contribution < 1.29 is 4.79 Å². The number of likely N-dealkylation sites (N-methyl/N-ethyl adjacent to an activating group) is 1. The van der Waals surface area contributed by atoms with Crippen molar-refractivity contribution in [2.24, 2.45) is 0 Å². The molecule has 0 aliphatic heterocycles. The maximum Gasteiger partial charge on any atom is 0.269 e. The summed E-state index contributed by atoms with van der Waals surface area (Å²) in [4.78, 5) is 25.0. The van der Waals surface area contributed by atoms with Crippen molar-refractivity contribution in [1.29, 1.82) is 0 Å². The lowest BCUT2D eigenvalue weighted by Gasteiger charge is -2.21. The first-order chi connectivity index (χ1) is 7.95. The molecule has 1 amide bonds. The molecule has 0 bridgehead atoms. The van der Waals surface area contributed by atoms with Gasteiger partial charge in [-0.05, 0) is 13.8 Å². The molecule has 0 aromatic carbocycles. The average molecular weight is 238 g/mol. The second kappa shape index (κ2) is 5.47. The van der Waals surface area contributed by atoms with Gasteiger partial charge in [-0.25, -0.2) is 4.68 Å². The van der Waals surface area contributed by atoms with E-state index in [0.29, 0.717) is 5.69 Å². The van der Waals surface area contributed by atoms with Crippen molar-refractivity contribution in [2.45, 2.75) is 26.4 Å². The van der Waals surface area contributed by atoms with E-state index in [9.17, 15) is 9.59 Å². The average Bonchev–Trinajstić information content (AvgIpc) is 2.30. The van der Waals surface area contributed by atoms with Crippen LogP contribution in [0, 0.1) is 0 Å². The van der Waals surface area contributed by atoms with Crippen LogP contribution in [0.25, 0.3) is 0 Å². The molecular weight excluding hydrogens is 220 g/mol. The Morgan fingerprint density at radius 3 is 2.71 bits per heavy atom. The number of amides is 1. The summed E-state index contributed by atoms with van der Waals surface area (Å²) in [6.45, 7) is 3.80. The molecule has 6 heteroatoms. The fourth-order valence-corrected chi connectivity index (χ4v) is 1.22. The Bertz CT molecular complexity index is 453. The first-order valence-corrected chi connectivity index (χ1v) is 5.46. The molecule has 0 saturated carbocycles. The van der Waals surface area contributed by atoms with Crippen LogP contribution in [0.1, 0.15) is 13.8 Å². The van der Waals surface area contributed by atoms with E-state index in [1.807, 2.05) is 13.8 Å². The van der Waals surface area contributed by atoms with Gasteiger partial charge in [0.15, 0.2) is 0 Å². The number of hydrogen-bond donors (Lipinski definition) is 1. The highest BCUT2D eigenvalue weighted by Crippen LogP contribution is 1.98. The van der Waals surface area contributed by atoms with Crippen LogP contribution in [0.5, 0.6) is 0 Å². The van der Waals surface area contributed by atoms with Crippen molar-refractivity contribution in [2.75, 3.05) is 19.4 Å². The Morgan fingerprint density at radius 1 is 1.59 bits per heavy atom. The minimum atomic E-state index is -0.289. The lowest BCUT2D eigenvalue weighted by atomic mass is 10.3. The number of nitrogens with one attached hydrogen (secondary N) is 1. The van der Waals surface area contributed by atoms with E-state index in [0.717, 1.165) is 4.68 Å². The van der Waals surface area contributed by atoms with E-state index >= 15 is 0 Å². The summed E-state index contributed by atoms with van der Waals surface area (Å²) in [5.74, 6) is -0.133. The summed E-state index contributed by atoms with van der Waals surface area (Å²) in [6, 6.07) is 1.52. The van der Waals surface area contributed by atoms with Crippen molar-refractivity contribution in [3.8, 4) is 0 Å². The molecule has 0 aliphatic carbocycles. The minimum Gasteiger partial charge on any atom is -0.387 e. The standard InChI is InChI=1S/C11H18N4O2/c1-8(2)14(4)11(17)7-15-10(16)5-9(12-3)6-13-15/h5-6,8,12H,7H2,1-4H3. The van der Waals surface area contributed by atoms with Gasteiger partial charge in [-0.3, -0.25) is 9.59 Å². The molecule has 0 fully saturated rings. The molecule has 0 atom stereocenters. The molecule has 1 aromatic rings. The topological polar surface area (TPSA) is 67.2 Å². The molecule has 17 heavy (non-hydrogen) atoms. The van der Waals surface area contributed by atoms with Crippen LogP contribution < -0.4 is 10.9 Å². The zero-order valence-corrected chi connectivity index (χ0v) is 10.6. The Labute approximate surface area is 100 Å². The lowest BCUT2D eigenvalue weighted by Crippen LogP contribution is -2.38. The third-order valence-electron chi connectivity index (χ3n) is 2.61. The second-order valence-corrected chi connectivity index (χ2v) is 4.09. The van der Waals surface area contributed by atoms with E-state index in [-0.39, 0.29) is 24.1 Å². The zero-order chi connectivity index (χ0) is 13.0. The predicted octanol–water partition coefficient (Wildman–Crippen LogP) is 0.152. The van der Waals surface area contributed by atoms with Crippen LogP contribution in [0.2, 0.25) is 0 Å². The maximum absolute atomic E-state index is 11.8. The fraction of sp³-hybridized carbons (Fsp3) is 0.545. The van der Waals surface area contributed by atoms with Crippen LogP contribution in [-0.4, -0.2) is 40.7 Å². The van der Waals surface area contributed by atoms with Gasteiger partial charge in [-0.15, -0.1) is 0 Å². The Kier molecular flexibility index (Phi) is 4.25. The molecule has 0 unspecified atom stereocenters. The van der Waals surface area contributed by atoms with Gasteiger partial charge in [0.05, 0.1) is 11.9 Å². The van der Waals surface area contributed by atoms with Crippen LogP contribution in [0.4, 0.5) is 5.69 Å². The summed E-state index contributed by atoms with van der Waals surface area (Å²) in [5.41, 5.74) is 0.346. The summed E-state index contributed by atoms with van der Waals surface area (Å²) in [7, 11) is 3.42. The van der Waals surface area contributed by atoms with Gasteiger partial charge in [0, 0.05) is 26.2 Å². The largest absolute Gasteiger partial charge is 0.387 e. The number of carbonyl (C=O) groups excluding carboxylic acids is 1. The number of anilines is 1. The number of rotatable bonds is 4. The Balaban J connectivity index is 2.82. The summed E-state index contributed by atoms with van der Waals surface area (Å²) in [6.07, 6.45) is 1.52. The maximum atomic E-state index is 11.8. The van der Waals surface area contributed by atoms with Gasteiger partial charge < -0.3 is 10.2 Å². The van der Waals surface area contributed by atoms with E-state index < -0.39 is 0 Å². The molecule has 1 N–H and O–H groups in total. The summed E-state index contributed by atoms with van der Waals surface area (Å²) in [5, 5.41) is 6.74. The quantitative estimate of drug-likeness (QED) is 0.811. The van der Waals surface area contributed by atoms with Crippen molar-refractivity contribution in [1.82, 2.24) is 14.7 Å². The van der Waals surface area contributed by atoms with E-state index in [4.69, 9.17) is 0 Å². The van der Waals surface area contributed by atoms with E-state index in [1.165, 1.54) is 12.3 Å². The molecule has 0 saturated heterocycles. The SMILES string of the molecule is CNc1cnn(CC(=O)N(C)C(C)C)c(=O)c1. The molecule has 1 rings (SSSR count). The third-order valence-corrected chi connectivity index (χ3v) is 2.61. The van der Waals surface area contributed by atoms with Gasteiger partial charge in [0.1, 0.15) is 6.54 Å². The first-order valence-electron chi connectivity index (χ1n) is 5.46. The van der Waals surface area contributed by atoms with Crippen LogP contribution in [0.3, 0.4) is 0 Å². The van der Waals surface area contributed by atoms with Crippen molar-refractivity contribution >= 4 is 11.6 Å². The molecule has 0 spiro atoms. The van der Waals surface area contributed by atoms with E-state index in [1.54, 1.807) is 19.0 Å². The summed E-state index contributed by atoms with van der Waals surface area (Å²) >= 11 is 0. The van der Waals surface area contributed by atoms with Gasteiger partial charge in [0.2, 0.25) is 5.91 Å². The van der Waals surface area contributed by atoms with Crippen LogP contribution in [-0.2, 0) is 11.3 Å². The highest BCUT2D eigenvalue weighted by molar-refractivity contribution is 5.75. The highest BCUT2D eigenvalue weighted by Gasteiger charge is 2.13. The molecule has 0 radical (unpaired) electrons. The molecular formula is C11H18N4O2. The third kappa shape index (κ3) is 3.30. The van der Waals surface area contributed by atoms with Gasteiger partial charge >= 0.3 is 0 Å². The Morgan fingerprint density at radius 2 is 2.24 bits per heavy atom. The number of nitrogens with zero attached hydrogens (tertiary/aromatic N) is 3. The normalized spacial score (nSPS) is 10.4. The molecule has 1 heterocycles. The number of aromatic nitrogens is 2. The zero-order valence-electron chi connectivity index (χ0n) is 10.6. The first kappa shape index (κ1) is 13.2. The fourth-order valence-electron chi connectivity index (χ4n) is 1.22. The molecule has 1 aromatic heterocycles. The minimum absolute atomic E-state index is 0.0303. The van der Waals surface area contributed by atoms with Crippen molar-refractivity contribution in [3.63, 3.8) is 0 Å². The van der Waals surface area contributed by atoms with Crippen molar-refractivity contribution in [3.05, 3.63) is 22.6 Å². The van der Waals surface area contributed by atoms with Gasteiger partial charge in [0.25, 0.3) is 5.56 Å². The predicted molar refractivity (Wildman–Crippen MR) is 65.9 cm³/mol. The van der Waals surface area contributed by atoms with E-state index in [2.05, 4.69) is 10.4 Å². The van der Waals surface area contributed by atoms with Gasteiger partial charge in [-0.1, -0.05) is 0 Å². The lowest BCUT2D eigenvalue weighted by molar-refractivity contribution is -0.132. The second-order valence-electron chi connectivity index (χ2n) is 4.09. The summed E-state index contributed by atoms with van der Waals surface area (Å²) < 4.78 is 1.15. The van der Waals surface area contributed by atoms with Gasteiger partial charge in [-0.2, -0.15) is 5.10 Å². The highest BCUT2D eigenvalue weighted by atomic mass is 16.2. The van der Waals surface area contributed by atoms with Crippen LogP contribution in [0.15, 0.2) is 17.1 Å². The number of hydrogen-bond acceptors (Lipinski definition) is 4. The smallest absolute Gasteiger partial charge is 0.269 e. The molecule has 94 valence electrons.